The number of aliphatic hydroxyl groups is 1. The molecule has 0 spiro atoms. The first kappa shape index (κ1) is 11.0. The first-order valence-corrected chi connectivity index (χ1v) is 4.63. The molecular formula is C11H17NO2. The van der Waals surface area contributed by atoms with Crippen molar-refractivity contribution in [3.05, 3.63) is 28.8 Å². The molecule has 0 heterocycles. The van der Waals surface area contributed by atoms with Crippen molar-refractivity contribution in [3.63, 3.8) is 0 Å². The summed E-state index contributed by atoms with van der Waals surface area (Å²) in [5.41, 5.74) is 8.37. The molecule has 1 atom stereocenters. The van der Waals surface area contributed by atoms with Crippen molar-refractivity contribution in [1.29, 1.82) is 0 Å². The van der Waals surface area contributed by atoms with Crippen LogP contribution >= 0.6 is 0 Å². The van der Waals surface area contributed by atoms with Crippen LogP contribution in [-0.2, 0) is 0 Å². The minimum Gasteiger partial charge on any atom is -0.497 e. The fraction of sp³-hybridized carbons (Fsp3) is 0.455. The molecule has 0 aliphatic heterocycles. The lowest BCUT2D eigenvalue weighted by Crippen LogP contribution is -2.14. The molecule has 3 N–H and O–H groups in total. The molecule has 1 aromatic carbocycles. The van der Waals surface area contributed by atoms with Crippen LogP contribution in [0.5, 0.6) is 5.75 Å². The van der Waals surface area contributed by atoms with Crippen molar-refractivity contribution in [2.75, 3.05) is 13.7 Å². The van der Waals surface area contributed by atoms with Gasteiger partial charge in [0.2, 0.25) is 0 Å². The maximum atomic E-state index is 9.69. The van der Waals surface area contributed by atoms with E-state index in [-0.39, 0.29) is 6.54 Å². The van der Waals surface area contributed by atoms with Gasteiger partial charge < -0.3 is 15.6 Å². The second-order valence-electron chi connectivity index (χ2n) is 3.43. The van der Waals surface area contributed by atoms with Gasteiger partial charge in [0.1, 0.15) is 5.75 Å². The van der Waals surface area contributed by atoms with E-state index in [1.54, 1.807) is 7.11 Å². The Kier molecular flexibility index (Phi) is 3.49. The minimum atomic E-state index is -0.582. The largest absolute Gasteiger partial charge is 0.497 e. The molecule has 0 amide bonds. The topological polar surface area (TPSA) is 55.5 Å². The molecule has 0 radical (unpaired) electrons. The summed E-state index contributed by atoms with van der Waals surface area (Å²) in [5, 5.41) is 9.69. The van der Waals surface area contributed by atoms with Crippen LogP contribution in [0.2, 0.25) is 0 Å². The molecule has 3 heteroatoms. The van der Waals surface area contributed by atoms with E-state index in [4.69, 9.17) is 10.5 Å². The van der Waals surface area contributed by atoms with Crippen molar-refractivity contribution in [2.45, 2.75) is 20.0 Å². The lowest BCUT2D eigenvalue weighted by molar-refractivity contribution is 0.185. The molecule has 0 aliphatic carbocycles. The van der Waals surface area contributed by atoms with Crippen LogP contribution < -0.4 is 10.5 Å². The molecule has 0 aromatic heterocycles. The van der Waals surface area contributed by atoms with Gasteiger partial charge in [-0.25, -0.2) is 0 Å². The fourth-order valence-corrected chi connectivity index (χ4v) is 1.70. The molecule has 0 saturated carbocycles. The molecule has 0 saturated heterocycles. The maximum absolute atomic E-state index is 9.69. The van der Waals surface area contributed by atoms with Gasteiger partial charge in [0, 0.05) is 6.54 Å². The zero-order valence-electron chi connectivity index (χ0n) is 8.87. The molecular weight excluding hydrogens is 178 g/mol. The lowest BCUT2D eigenvalue weighted by Gasteiger charge is -2.16. The van der Waals surface area contributed by atoms with Gasteiger partial charge >= 0.3 is 0 Å². The molecule has 3 nitrogen and oxygen atoms in total. The van der Waals surface area contributed by atoms with E-state index < -0.39 is 6.10 Å². The van der Waals surface area contributed by atoms with Crippen molar-refractivity contribution < 1.29 is 9.84 Å². The zero-order chi connectivity index (χ0) is 10.7. The molecule has 1 aromatic rings. The highest BCUT2D eigenvalue weighted by Crippen LogP contribution is 2.26. The summed E-state index contributed by atoms with van der Waals surface area (Å²) < 4.78 is 5.13. The third-order valence-corrected chi connectivity index (χ3v) is 2.36. The third-order valence-electron chi connectivity index (χ3n) is 2.36. The highest BCUT2D eigenvalue weighted by atomic mass is 16.5. The van der Waals surface area contributed by atoms with Crippen molar-refractivity contribution in [3.8, 4) is 5.75 Å². The number of methoxy groups -OCH3 is 1. The molecule has 1 rings (SSSR count). The number of aryl methyl sites for hydroxylation is 2. The van der Waals surface area contributed by atoms with Gasteiger partial charge in [0.05, 0.1) is 13.2 Å². The minimum absolute atomic E-state index is 0.244. The Morgan fingerprint density at radius 3 is 2.21 bits per heavy atom. The highest BCUT2D eigenvalue weighted by molar-refractivity contribution is 5.42. The quantitative estimate of drug-likeness (QED) is 0.764. The lowest BCUT2D eigenvalue weighted by atomic mass is 9.97. The summed E-state index contributed by atoms with van der Waals surface area (Å²) >= 11 is 0. The number of hydrogen-bond acceptors (Lipinski definition) is 3. The van der Waals surface area contributed by atoms with E-state index in [0.29, 0.717) is 0 Å². The van der Waals surface area contributed by atoms with E-state index in [0.717, 1.165) is 22.4 Å². The molecule has 14 heavy (non-hydrogen) atoms. The monoisotopic (exact) mass is 195 g/mol. The van der Waals surface area contributed by atoms with Gasteiger partial charge in [-0.3, -0.25) is 0 Å². The highest BCUT2D eigenvalue weighted by Gasteiger charge is 2.12. The van der Waals surface area contributed by atoms with E-state index in [9.17, 15) is 5.11 Å². The van der Waals surface area contributed by atoms with Gasteiger partial charge in [-0.2, -0.15) is 0 Å². The molecule has 1 unspecified atom stereocenters. The van der Waals surface area contributed by atoms with Crippen molar-refractivity contribution in [2.24, 2.45) is 5.73 Å². The summed E-state index contributed by atoms with van der Waals surface area (Å²) in [7, 11) is 1.63. The normalized spacial score (nSPS) is 12.6. The Morgan fingerprint density at radius 2 is 1.86 bits per heavy atom. The maximum Gasteiger partial charge on any atom is 0.119 e. The average Bonchev–Trinajstić information content (AvgIpc) is 2.16. The summed E-state index contributed by atoms with van der Waals surface area (Å²) in [6.45, 7) is 4.14. The number of nitrogens with two attached hydrogens (primary N) is 1. The van der Waals surface area contributed by atoms with Gasteiger partial charge in [0.25, 0.3) is 0 Å². The van der Waals surface area contributed by atoms with E-state index in [1.807, 2.05) is 26.0 Å². The first-order valence-electron chi connectivity index (χ1n) is 4.63. The molecule has 78 valence electrons. The van der Waals surface area contributed by atoms with Crippen LogP contribution in [0.3, 0.4) is 0 Å². The molecule has 0 aliphatic rings. The summed E-state index contributed by atoms with van der Waals surface area (Å²) in [6.07, 6.45) is -0.582. The van der Waals surface area contributed by atoms with Gasteiger partial charge in [-0.15, -0.1) is 0 Å². The van der Waals surface area contributed by atoms with Crippen LogP contribution in [0.4, 0.5) is 0 Å². The molecule has 0 bridgehead atoms. The summed E-state index contributed by atoms with van der Waals surface area (Å²) in [5.74, 6) is 0.813. The van der Waals surface area contributed by atoms with Gasteiger partial charge in [-0.05, 0) is 42.7 Å². The third kappa shape index (κ3) is 2.05. The average molecular weight is 195 g/mol. The van der Waals surface area contributed by atoms with Crippen LogP contribution in [-0.4, -0.2) is 18.8 Å². The zero-order valence-corrected chi connectivity index (χ0v) is 8.87. The number of benzene rings is 1. The van der Waals surface area contributed by atoms with Crippen LogP contribution in [0.25, 0.3) is 0 Å². The number of rotatable bonds is 3. The number of ether oxygens (including phenoxy) is 1. The SMILES string of the molecule is COc1cc(C)c(C(O)CN)c(C)c1. The van der Waals surface area contributed by atoms with Crippen molar-refractivity contribution in [1.82, 2.24) is 0 Å². The Morgan fingerprint density at radius 1 is 1.36 bits per heavy atom. The predicted molar refractivity (Wildman–Crippen MR) is 56.5 cm³/mol. The van der Waals surface area contributed by atoms with Crippen LogP contribution in [0.15, 0.2) is 12.1 Å². The summed E-state index contributed by atoms with van der Waals surface area (Å²) in [6, 6.07) is 3.81. The Hall–Kier alpha value is -1.06. The first-order chi connectivity index (χ1) is 6.60. The standard InChI is InChI=1S/C11H17NO2/c1-7-4-9(14-3)5-8(2)11(7)10(13)6-12/h4-5,10,13H,6,12H2,1-3H3. The van der Waals surface area contributed by atoms with Gasteiger partial charge in [0.15, 0.2) is 0 Å². The smallest absolute Gasteiger partial charge is 0.119 e. The van der Waals surface area contributed by atoms with Crippen LogP contribution in [0.1, 0.15) is 22.8 Å². The second kappa shape index (κ2) is 4.44. The van der Waals surface area contributed by atoms with Crippen LogP contribution in [0, 0.1) is 13.8 Å². The van der Waals surface area contributed by atoms with Crippen molar-refractivity contribution >= 4 is 0 Å². The Labute approximate surface area is 84.5 Å². The number of hydrogen-bond donors (Lipinski definition) is 2. The van der Waals surface area contributed by atoms with E-state index in [1.165, 1.54) is 0 Å². The molecule has 0 fully saturated rings. The second-order valence-corrected chi connectivity index (χ2v) is 3.43. The predicted octanol–water partition coefficient (Wildman–Crippen LogP) is 1.30. The van der Waals surface area contributed by atoms with Gasteiger partial charge in [-0.1, -0.05) is 0 Å². The fourth-order valence-electron chi connectivity index (χ4n) is 1.70. The Balaban J connectivity index is 3.18. The number of aliphatic hydroxyl groups excluding tert-OH is 1. The van der Waals surface area contributed by atoms with E-state index in [2.05, 4.69) is 0 Å². The van der Waals surface area contributed by atoms with E-state index >= 15 is 0 Å². The Bertz CT molecular complexity index is 300. The summed E-state index contributed by atoms with van der Waals surface area (Å²) in [4.78, 5) is 0.